The van der Waals surface area contributed by atoms with Gasteiger partial charge in [0.25, 0.3) is 0 Å². The molecule has 0 atom stereocenters. The van der Waals surface area contributed by atoms with E-state index in [-0.39, 0.29) is 5.60 Å². The largest absolute Gasteiger partial charge is 0.463 e. The molecule has 1 aromatic rings. The molecule has 0 aromatic carbocycles. The minimum Gasteiger partial charge on any atom is -0.463 e. The van der Waals surface area contributed by atoms with Crippen LogP contribution < -0.4 is 4.74 Å². The zero-order chi connectivity index (χ0) is 9.60. The molecule has 14 heavy (non-hydrogen) atoms. The minimum absolute atomic E-state index is 0.101. The SMILES string of the molecule is CN1CCC2(CC1)Oc1nccnc12. The molecule has 3 heterocycles. The van der Waals surface area contributed by atoms with Crippen LogP contribution in [0.4, 0.5) is 0 Å². The van der Waals surface area contributed by atoms with E-state index in [1.807, 2.05) is 0 Å². The molecule has 74 valence electrons. The second-order valence-corrected chi connectivity index (χ2v) is 4.11. The van der Waals surface area contributed by atoms with Gasteiger partial charge >= 0.3 is 0 Å². The standard InChI is InChI=1S/C10H13N3O/c1-13-6-2-10(3-7-13)8-9(14-10)12-5-4-11-8/h4-5H,2-3,6-7H2,1H3. The quantitative estimate of drug-likeness (QED) is 0.607. The summed E-state index contributed by atoms with van der Waals surface area (Å²) in [5.74, 6) is 0.733. The van der Waals surface area contributed by atoms with Crippen molar-refractivity contribution < 1.29 is 4.74 Å². The highest BCUT2D eigenvalue weighted by Crippen LogP contribution is 2.47. The van der Waals surface area contributed by atoms with E-state index in [9.17, 15) is 0 Å². The second-order valence-electron chi connectivity index (χ2n) is 4.11. The maximum Gasteiger partial charge on any atom is 0.240 e. The molecule has 0 aliphatic carbocycles. The first kappa shape index (κ1) is 8.17. The molecule has 2 aliphatic rings. The smallest absolute Gasteiger partial charge is 0.240 e. The van der Waals surface area contributed by atoms with Crippen molar-refractivity contribution in [2.75, 3.05) is 20.1 Å². The number of ether oxygens (including phenoxy) is 1. The molecule has 1 saturated heterocycles. The predicted octanol–water partition coefficient (Wildman–Crippen LogP) is 0.790. The second kappa shape index (κ2) is 2.67. The summed E-state index contributed by atoms with van der Waals surface area (Å²) in [7, 11) is 2.14. The van der Waals surface area contributed by atoms with Gasteiger partial charge in [0, 0.05) is 38.3 Å². The van der Waals surface area contributed by atoms with E-state index in [1.54, 1.807) is 12.4 Å². The van der Waals surface area contributed by atoms with Crippen LogP contribution in [0.3, 0.4) is 0 Å². The van der Waals surface area contributed by atoms with Crippen molar-refractivity contribution in [3.63, 3.8) is 0 Å². The minimum atomic E-state index is -0.101. The molecule has 0 bridgehead atoms. The third kappa shape index (κ3) is 0.973. The van der Waals surface area contributed by atoms with Gasteiger partial charge < -0.3 is 9.64 Å². The maximum absolute atomic E-state index is 5.76. The van der Waals surface area contributed by atoms with Crippen molar-refractivity contribution >= 4 is 0 Å². The lowest BCUT2D eigenvalue weighted by molar-refractivity contribution is -0.0489. The molecule has 0 radical (unpaired) electrons. The van der Waals surface area contributed by atoms with E-state index in [2.05, 4.69) is 21.9 Å². The summed E-state index contributed by atoms with van der Waals surface area (Å²) < 4.78 is 5.76. The first-order valence-electron chi connectivity index (χ1n) is 4.99. The number of rotatable bonds is 0. The topological polar surface area (TPSA) is 38.2 Å². The summed E-state index contributed by atoms with van der Waals surface area (Å²) in [5.41, 5.74) is 0.962. The lowest BCUT2D eigenvalue weighted by atomic mass is 9.84. The molecule has 0 N–H and O–H groups in total. The first-order valence-corrected chi connectivity index (χ1v) is 4.99. The highest BCUT2D eigenvalue weighted by molar-refractivity contribution is 5.35. The summed E-state index contributed by atoms with van der Waals surface area (Å²) in [6, 6.07) is 0. The molecule has 4 nitrogen and oxygen atoms in total. The van der Waals surface area contributed by atoms with Crippen LogP contribution in [-0.2, 0) is 5.60 Å². The molecule has 0 unspecified atom stereocenters. The van der Waals surface area contributed by atoms with Crippen LogP contribution >= 0.6 is 0 Å². The molecule has 1 fully saturated rings. The number of hydrogen-bond donors (Lipinski definition) is 0. The number of fused-ring (bicyclic) bond motifs is 2. The lowest BCUT2D eigenvalue weighted by Gasteiger charge is -2.45. The van der Waals surface area contributed by atoms with E-state index in [4.69, 9.17) is 4.74 Å². The van der Waals surface area contributed by atoms with Crippen molar-refractivity contribution in [2.45, 2.75) is 18.4 Å². The fourth-order valence-electron chi connectivity index (χ4n) is 2.22. The van der Waals surface area contributed by atoms with Gasteiger partial charge in [-0.25, -0.2) is 9.97 Å². The van der Waals surface area contributed by atoms with Gasteiger partial charge in [0.15, 0.2) is 5.60 Å². The number of aromatic nitrogens is 2. The Labute approximate surface area is 82.9 Å². The van der Waals surface area contributed by atoms with Gasteiger partial charge in [-0.05, 0) is 7.05 Å². The van der Waals surface area contributed by atoms with E-state index in [0.717, 1.165) is 37.5 Å². The van der Waals surface area contributed by atoms with Gasteiger partial charge in [-0.3, -0.25) is 0 Å². The Balaban J connectivity index is 1.89. The Morgan fingerprint density at radius 1 is 1.29 bits per heavy atom. The Morgan fingerprint density at radius 3 is 2.71 bits per heavy atom. The summed E-state index contributed by atoms with van der Waals surface area (Å²) >= 11 is 0. The Kier molecular flexibility index (Phi) is 1.56. The highest BCUT2D eigenvalue weighted by Gasteiger charge is 2.49. The molecule has 1 aromatic heterocycles. The monoisotopic (exact) mass is 191 g/mol. The third-order valence-electron chi connectivity index (χ3n) is 3.18. The van der Waals surface area contributed by atoms with Crippen LogP contribution in [0.2, 0.25) is 0 Å². The summed E-state index contributed by atoms with van der Waals surface area (Å²) in [4.78, 5) is 10.8. The van der Waals surface area contributed by atoms with Gasteiger partial charge in [-0.2, -0.15) is 0 Å². The fourth-order valence-corrected chi connectivity index (χ4v) is 2.22. The van der Waals surface area contributed by atoms with Crippen LogP contribution in [0.25, 0.3) is 0 Å². The van der Waals surface area contributed by atoms with Gasteiger partial charge in [-0.1, -0.05) is 0 Å². The Morgan fingerprint density at radius 2 is 2.00 bits per heavy atom. The van der Waals surface area contributed by atoms with E-state index >= 15 is 0 Å². The highest BCUT2D eigenvalue weighted by atomic mass is 16.5. The third-order valence-corrected chi connectivity index (χ3v) is 3.18. The molecular weight excluding hydrogens is 178 g/mol. The molecule has 3 rings (SSSR count). The summed E-state index contributed by atoms with van der Waals surface area (Å²) in [6.07, 6.45) is 5.51. The molecular formula is C10H13N3O. The predicted molar refractivity (Wildman–Crippen MR) is 51.1 cm³/mol. The number of hydrogen-bond acceptors (Lipinski definition) is 4. The Hall–Kier alpha value is -1.16. The van der Waals surface area contributed by atoms with Crippen LogP contribution in [0.15, 0.2) is 12.4 Å². The van der Waals surface area contributed by atoms with Crippen molar-refractivity contribution in [3.05, 3.63) is 18.1 Å². The van der Waals surface area contributed by atoms with Crippen molar-refractivity contribution in [3.8, 4) is 5.88 Å². The van der Waals surface area contributed by atoms with Crippen LogP contribution in [0.1, 0.15) is 18.5 Å². The van der Waals surface area contributed by atoms with Crippen molar-refractivity contribution in [2.24, 2.45) is 0 Å². The van der Waals surface area contributed by atoms with E-state index < -0.39 is 0 Å². The van der Waals surface area contributed by atoms with Crippen molar-refractivity contribution in [1.29, 1.82) is 0 Å². The van der Waals surface area contributed by atoms with Gasteiger partial charge in [0.1, 0.15) is 5.69 Å². The van der Waals surface area contributed by atoms with E-state index in [1.165, 1.54) is 0 Å². The van der Waals surface area contributed by atoms with Gasteiger partial charge in [0.2, 0.25) is 5.88 Å². The Bertz CT molecular complexity index is 358. The van der Waals surface area contributed by atoms with E-state index in [0.29, 0.717) is 0 Å². The first-order chi connectivity index (χ1) is 6.80. The summed E-state index contributed by atoms with van der Waals surface area (Å²) in [6.45, 7) is 2.16. The van der Waals surface area contributed by atoms with Crippen LogP contribution in [-0.4, -0.2) is 35.0 Å². The zero-order valence-electron chi connectivity index (χ0n) is 8.23. The zero-order valence-corrected chi connectivity index (χ0v) is 8.23. The maximum atomic E-state index is 5.76. The molecule has 0 amide bonds. The molecule has 0 saturated carbocycles. The molecule has 2 aliphatic heterocycles. The average Bonchev–Trinajstić information content (AvgIpc) is 2.19. The number of piperidine rings is 1. The van der Waals surface area contributed by atoms with Crippen LogP contribution in [0.5, 0.6) is 5.88 Å². The average molecular weight is 191 g/mol. The number of nitrogens with zero attached hydrogens (tertiary/aromatic N) is 3. The van der Waals surface area contributed by atoms with Gasteiger partial charge in [-0.15, -0.1) is 0 Å². The summed E-state index contributed by atoms with van der Waals surface area (Å²) in [5, 5.41) is 0. The lowest BCUT2D eigenvalue weighted by Crippen LogP contribution is -2.50. The van der Waals surface area contributed by atoms with Gasteiger partial charge in [0.05, 0.1) is 0 Å². The number of likely N-dealkylation sites (tertiary alicyclic amines) is 1. The molecule has 1 spiro atoms. The molecule has 4 heteroatoms. The normalized spacial score (nSPS) is 23.8. The van der Waals surface area contributed by atoms with Crippen LogP contribution in [0, 0.1) is 0 Å². The fraction of sp³-hybridized carbons (Fsp3) is 0.600. The van der Waals surface area contributed by atoms with Crippen molar-refractivity contribution in [1.82, 2.24) is 14.9 Å².